The van der Waals surface area contributed by atoms with Crippen LogP contribution in [0.3, 0.4) is 0 Å². The first-order valence-corrected chi connectivity index (χ1v) is 11.8. The average Bonchev–Trinajstić information content (AvgIpc) is 3.30. The summed E-state index contributed by atoms with van der Waals surface area (Å²) in [5.74, 6) is 0.293. The maximum absolute atomic E-state index is 12.8. The van der Waals surface area contributed by atoms with E-state index in [4.69, 9.17) is 4.74 Å². The van der Waals surface area contributed by atoms with Crippen LogP contribution in [0.5, 0.6) is 0 Å². The van der Waals surface area contributed by atoms with Gasteiger partial charge in [0.15, 0.2) is 0 Å². The highest BCUT2D eigenvalue weighted by Gasteiger charge is 2.35. The molecular weight excluding hydrogens is 410 g/mol. The van der Waals surface area contributed by atoms with Crippen LogP contribution < -0.4 is 10.6 Å². The van der Waals surface area contributed by atoms with Crippen LogP contribution in [-0.4, -0.2) is 43.1 Å². The number of carbonyl (C=O) groups excluding carboxylic acids is 2. The normalized spacial score (nSPS) is 20.3. The molecule has 4 rings (SSSR count). The number of benzene rings is 1. The van der Waals surface area contributed by atoms with Crippen molar-refractivity contribution in [1.82, 2.24) is 15.5 Å². The lowest BCUT2D eigenvalue weighted by Crippen LogP contribution is -2.49. The molecular formula is C24H29N3O3S. The zero-order valence-corrected chi connectivity index (χ0v) is 18.6. The molecule has 1 saturated heterocycles. The van der Waals surface area contributed by atoms with Crippen molar-refractivity contribution in [3.05, 3.63) is 69.6 Å². The molecule has 1 fully saturated rings. The lowest BCUT2D eigenvalue weighted by molar-refractivity contribution is -0.139. The van der Waals surface area contributed by atoms with Crippen molar-refractivity contribution >= 4 is 23.3 Å². The highest BCUT2D eigenvalue weighted by atomic mass is 32.1. The summed E-state index contributed by atoms with van der Waals surface area (Å²) in [5.41, 5.74) is 2.55. The second-order valence-corrected chi connectivity index (χ2v) is 9.05. The molecule has 0 radical (unpaired) electrons. The number of carbonyl (C=O) groups is 2. The van der Waals surface area contributed by atoms with Crippen LogP contribution in [0.4, 0.5) is 4.79 Å². The fourth-order valence-corrected chi connectivity index (χ4v) is 5.17. The Morgan fingerprint density at radius 1 is 1.16 bits per heavy atom. The minimum absolute atomic E-state index is 0.277. The van der Waals surface area contributed by atoms with Crippen LogP contribution in [-0.2, 0) is 16.0 Å². The molecule has 2 aliphatic heterocycles. The van der Waals surface area contributed by atoms with Gasteiger partial charge in [-0.2, -0.15) is 0 Å². The molecule has 0 spiro atoms. The molecule has 164 valence electrons. The Bertz CT molecular complexity index is 919. The van der Waals surface area contributed by atoms with Crippen LogP contribution in [0.2, 0.25) is 0 Å². The molecule has 0 aliphatic carbocycles. The molecule has 2 N–H and O–H groups in total. The quantitative estimate of drug-likeness (QED) is 0.643. The summed E-state index contributed by atoms with van der Waals surface area (Å²) in [7, 11) is 0. The molecule has 2 amide bonds. The number of nitrogens with zero attached hydrogens (tertiary/aromatic N) is 1. The number of thiophene rings is 1. The first-order valence-electron chi connectivity index (χ1n) is 10.9. The molecule has 2 aromatic rings. The summed E-state index contributed by atoms with van der Waals surface area (Å²) in [6.45, 7) is 4.53. The molecule has 31 heavy (non-hydrogen) atoms. The van der Waals surface area contributed by atoms with Gasteiger partial charge in [-0.05, 0) is 62.2 Å². The van der Waals surface area contributed by atoms with Crippen LogP contribution in [0.1, 0.15) is 36.2 Å². The van der Waals surface area contributed by atoms with Gasteiger partial charge in [0, 0.05) is 17.1 Å². The number of likely N-dealkylation sites (tertiary alicyclic amines) is 1. The maximum atomic E-state index is 12.8. The summed E-state index contributed by atoms with van der Waals surface area (Å²) in [5, 5.41) is 7.73. The van der Waals surface area contributed by atoms with Crippen molar-refractivity contribution in [3.8, 4) is 0 Å². The van der Waals surface area contributed by atoms with Gasteiger partial charge in [-0.25, -0.2) is 9.59 Å². The van der Waals surface area contributed by atoms with Crippen molar-refractivity contribution in [2.45, 2.75) is 32.2 Å². The van der Waals surface area contributed by atoms with E-state index in [2.05, 4.69) is 45.9 Å². The topological polar surface area (TPSA) is 70.7 Å². The molecule has 6 nitrogen and oxygen atoms in total. The predicted molar refractivity (Wildman–Crippen MR) is 122 cm³/mol. The number of amides is 2. The summed E-state index contributed by atoms with van der Waals surface area (Å²) in [6.07, 6.45) is 3.32. The maximum Gasteiger partial charge on any atom is 0.338 e. The molecule has 0 saturated carbocycles. The second kappa shape index (κ2) is 10.1. The Morgan fingerprint density at radius 3 is 2.61 bits per heavy atom. The second-order valence-electron chi connectivity index (χ2n) is 8.07. The van der Waals surface area contributed by atoms with E-state index in [1.54, 1.807) is 6.92 Å². The van der Waals surface area contributed by atoms with Crippen molar-refractivity contribution in [2.75, 3.05) is 26.2 Å². The van der Waals surface area contributed by atoms with E-state index in [0.717, 1.165) is 37.2 Å². The molecule has 3 heterocycles. The van der Waals surface area contributed by atoms with Crippen LogP contribution in [0.25, 0.3) is 0 Å². The van der Waals surface area contributed by atoms with Crippen LogP contribution in [0, 0.1) is 5.92 Å². The van der Waals surface area contributed by atoms with E-state index in [1.807, 2.05) is 17.5 Å². The van der Waals surface area contributed by atoms with Crippen molar-refractivity contribution in [2.24, 2.45) is 5.92 Å². The standard InChI is InChI=1S/C24H29N3O3S/c1-2-30-23(28)21-19(25-24(29)26-22(21)20-9-6-14-31-20)16-27-12-10-18(11-13-27)15-17-7-4-3-5-8-17/h3-9,14,18,22H,2,10-13,15-16H2,1H3,(H2,25,26,29)/t22-/m0/s1. The molecule has 0 unspecified atom stereocenters. The van der Waals surface area contributed by atoms with Crippen molar-refractivity contribution in [1.29, 1.82) is 0 Å². The number of ether oxygens (including phenoxy) is 1. The third-order valence-corrected chi connectivity index (χ3v) is 6.87. The van der Waals surface area contributed by atoms with Gasteiger partial charge in [0.05, 0.1) is 18.2 Å². The van der Waals surface area contributed by atoms with Crippen LogP contribution >= 0.6 is 11.3 Å². The third-order valence-electron chi connectivity index (χ3n) is 5.93. The van der Waals surface area contributed by atoms with E-state index in [1.165, 1.54) is 16.9 Å². The Hall–Kier alpha value is -2.64. The number of rotatable bonds is 7. The lowest BCUT2D eigenvalue weighted by Gasteiger charge is -2.35. The van der Waals surface area contributed by atoms with Gasteiger partial charge in [-0.1, -0.05) is 36.4 Å². The molecule has 1 atom stereocenters. The van der Waals surface area contributed by atoms with Gasteiger partial charge in [0.2, 0.25) is 0 Å². The number of urea groups is 1. The zero-order chi connectivity index (χ0) is 21.6. The third kappa shape index (κ3) is 5.35. The Balaban J connectivity index is 1.47. The van der Waals surface area contributed by atoms with E-state index < -0.39 is 6.04 Å². The summed E-state index contributed by atoms with van der Waals surface area (Å²) in [4.78, 5) is 28.5. The van der Waals surface area contributed by atoms with Gasteiger partial charge in [0.1, 0.15) is 0 Å². The fourth-order valence-electron chi connectivity index (χ4n) is 4.38. The fraction of sp³-hybridized carbons (Fsp3) is 0.417. The van der Waals surface area contributed by atoms with Gasteiger partial charge < -0.3 is 15.4 Å². The Labute approximate surface area is 187 Å². The summed E-state index contributed by atoms with van der Waals surface area (Å²) >= 11 is 1.52. The van der Waals surface area contributed by atoms with E-state index >= 15 is 0 Å². The lowest BCUT2D eigenvalue weighted by atomic mass is 9.90. The number of piperidine rings is 1. The van der Waals surface area contributed by atoms with Gasteiger partial charge in [-0.15, -0.1) is 11.3 Å². The number of esters is 1. The van der Waals surface area contributed by atoms with Crippen molar-refractivity contribution in [3.63, 3.8) is 0 Å². The van der Waals surface area contributed by atoms with Crippen LogP contribution in [0.15, 0.2) is 59.1 Å². The molecule has 2 aliphatic rings. The van der Waals surface area contributed by atoms with E-state index in [0.29, 0.717) is 30.3 Å². The molecule has 7 heteroatoms. The molecule has 0 bridgehead atoms. The monoisotopic (exact) mass is 439 g/mol. The first-order chi connectivity index (χ1) is 15.1. The number of hydrogen-bond donors (Lipinski definition) is 2. The summed E-state index contributed by atoms with van der Waals surface area (Å²) in [6, 6.07) is 13.7. The summed E-state index contributed by atoms with van der Waals surface area (Å²) < 4.78 is 5.35. The largest absolute Gasteiger partial charge is 0.463 e. The first kappa shape index (κ1) is 21.6. The van der Waals surface area contributed by atoms with Gasteiger partial charge in [0.25, 0.3) is 0 Å². The minimum Gasteiger partial charge on any atom is -0.463 e. The average molecular weight is 440 g/mol. The van der Waals surface area contributed by atoms with Gasteiger partial charge >= 0.3 is 12.0 Å². The highest BCUT2D eigenvalue weighted by Crippen LogP contribution is 2.31. The Morgan fingerprint density at radius 2 is 1.94 bits per heavy atom. The van der Waals surface area contributed by atoms with Crippen molar-refractivity contribution < 1.29 is 14.3 Å². The minimum atomic E-state index is -0.474. The molecule has 1 aromatic heterocycles. The number of hydrogen-bond acceptors (Lipinski definition) is 5. The predicted octanol–water partition coefficient (Wildman–Crippen LogP) is 3.87. The highest BCUT2D eigenvalue weighted by molar-refractivity contribution is 7.10. The zero-order valence-electron chi connectivity index (χ0n) is 17.8. The van der Waals surface area contributed by atoms with Gasteiger partial charge in [-0.3, -0.25) is 4.90 Å². The Kier molecular flexibility index (Phi) is 7.04. The SMILES string of the molecule is CCOC(=O)C1=C(CN2CCC(Cc3ccccc3)CC2)NC(=O)N[C@H]1c1cccs1. The smallest absolute Gasteiger partial charge is 0.338 e. The number of nitrogens with one attached hydrogen (secondary N) is 2. The molecule has 1 aromatic carbocycles. The van der Waals surface area contributed by atoms with E-state index in [-0.39, 0.29) is 12.0 Å². The van der Waals surface area contributed by atoms with E-state index in [9.17, 15) is 9.59 Å².